The number of hydrogen-bond donors (Lipinski definition) is 1. The number of nitrogens with one attached hydrogen (secondary N) is 1. The predicted octanol–water partition coefficient (Wildman–Crippen LogP) is 3.07. The highest BCUT2D eigenvalue weighted by Gasteiger charge is 2.24. The van der Waals surface area contributed by atoms with Gasteiger partial charge in [-0.15, -0.1) is 0 Å². The van der Waals surface area contributed by atoms with Crippen LogP contribution in [0.1, 0.15) is 30.5 Å². The number of hydrogen-bond acceptors (Lipinski definition) is 6. The van der Waals surface area contributed by atoms with Crippen LogP contribution in [0, 0.1) is 19.8 Å². The Morgan fingerprint density at radius 1 is 1.11 bits per heavy atom. The Morgan fingerprint density at radius 3 is 2.59 bits per heavy atom. The molecule has 144 valence electrons. The van der Waals surface area contributed by atoms with E-state index < -0.39 is 0 Å². The summed E-state index contributed by atoms with van der Waals surface area (Å²) in [5.41, 5.74) is 3.17. The third-order valence-electron chi connectivity index (χ3n) is 5.80. The van der Waals surface area contributed by atoms with Crippen molar-refractivity contribution in [2.75, 3.05) is 38.2 Å². The number of nitrogens with zero attached hydrogens (tertiary/aromatic N) is 4. The molecule has 6 nitrogen and oxygen atoms in total. The largest absolute Gasteiger partial charge is 0.381 e. The van der Waals surface area contributed by atoms with Gasteiger partial charge in [-0.25, -0.2) is 9.97 Å². The molecule has 0 spiro atoms. The van der Waals surface area contributed by atoms with Gasteiger partial charge in [-0.05, 0) is 51.2 Å². The Balaban J connectivity index is 1.40. The minimum atomic E-state index is 0.472. The van der Waals surface area contributed by atoms with Gasteiger partial charge in [0.1, 0.15) is 5.82 Å². The second kappa shape index (κ2) is 8.31. The van der Waals surface area contributed by atoms with Gasteiger partial charge in [0.2, 0.25) is 0 Å². The Morgan fingerprint density at radius 2 is 1.89 bits per heavy atom. The highest BCUT2D eigenvalue weighted by atomic mass is 16.5. The fourth-order valence-corrected chi connectivity index (χ4v) is 3.95. The number of aryl methyl sites for hydroxylation is 1. The zero-order valence-corrected chi connectivity index (χ0v) is 16.3. The van der Waals surface area contributed by atoms with Gasteiger partial charge in [0, 0.05) is 61.5 Å². The molecule has 2 aromatic rings. The molecular formula is C21H29N5O. The van der Waals surface area contributed by atoms with E-state index in [1.54, 1.807) is 12.4 Å². The number of ether oxygens (including phenoxy) is 1. The zero-order chi connectivity index (χ0) is 18.6. The van der Waals surface area contributed by atoms with E-state index in [2.05, 4.69) is 34.0 Å². The minimum absolute atomic E-state index is 0.472. The molecule has 2 aromatic heterocycles. The number of piperidine rings is 1. The molecule has 2 fully saturated rings. The van der Waals surface area contributed by atoms with Crippen LogP contribution in [0.25, 0.3) is 11.4 Å². The molecule has 0 saturated carbocycles. The summed E-state index contributed by atoms with van der Waals surface area (Å²) in [6, 6.07) is 4.39. The summed E-state index contributed by atoms with van der Waals surface area (Å²) >= 11 is 0. The first kappa shape index (κ1) is 18.3. The van der Waals surface area contributed by atoms with Gasteiger partial charge in [-0.2, -0.15) is 0 Å². The lowest BCUT2D eigenvalue weighted by Gasteiger charge is -2.34. The molecule has 0 aliphatic carbocycles. The van der Waals surface area contributed by atoms with Crippen LogP contribution in [0.15, 0.2) is 24.5 Å². The normalized spacial score (nSPS) is 21.5. The maximum absolute atomic E-state index is 5.51. The Labute approximate surface area is 161 Å². The lowest BCUT2D eigenvalue weighted by Crippen LogP contribution is -2.41. The number of likely N-dealkylation sites (tertiary alicyclic amines) is 1. The SMILES string of the molecule is Cc1nc(-c2ccncc2)nc(NC2CCN(CC3CCOC3)CC2)c1C. The molecule has 1 unspecified atom stereocenters. The maximum Gasteiger partial charge on any atom is 0.161 e. The second-order valence-electron chi connectivity index (χ2n) is 7.79. The highest BCUT2D eigenvalue weighted by Crippen LogP contribution is 2.24. The molecule has 0 radical (unpaired) electrons. The third-order valence-corrected chi connectivity index (χ3v) is 5.80. The molecule has 1 atom stereocenters. The number of pyridine rings is 1. The summed E-state index contributed by atoms with van der Waals surface area (Å²) in [5, 5.41) is 3.70. The monoisotopic (exact) mass is 367 g/mol. The van der Waals surface area contributed by atoms with Gasteiger partial charge in [0.05, 0.1) is 6.61 Å². The molecule has 27 heavy (non-hydrogen) atoms. The molecule has 2 saturated heterocycles. The van der Waals surface area contributed by atoms with E-state index in [0.29, 0.717) is 6.04 Å². The summed E-state index contributed by atoms with van der Waals surface area (Å²) < 4.78 is 5.51. The third kappa shape index (κ3) is 4.45. The highest BCUT2D eigenvalue weighted by molar-refractivity contribution is 5.59. The standard InChI is InChI=1S/C21H29N5O/c1-15-16(2)23-21(18-3-8-22-9-4-18)25-20(15)24-19-5-10-26(11-6-19)13-17-7-12-27-14-17/h3-4,8-9,17,19H,5-7,10-14H2,1-2H3,(H,23,24,25). The van der Waals surface area contributed by atoms with E-state index in [1.165, 1.54) is 13.0 Å². The van der Waals surface area contributed by atoms with Crippen molar-refractivity contribution in [1.82, 2.24) is 19.9 Å². The summed E-state index contributed by atoms with van der Waals surface area (Å²) in [6.45, 7) is 9.51. The molecular weight excluding hydrogens is 338 g/mol. The lowest BCUT2D eigenvalue weighted by molar-refractivity contribution is 0.154. The van der Waals surface area contributed by atoms with Gasteiger partial charge in [0.15, 0.2) is 5.82 Å². The Kier molecular flexibility index (Phi) is 5.64. The lowest BCUT2D eigenvalue weighted by atomic mass is 10.0. The quantitative estimate of drug-likeness (QED) is 0.876. The van der Waals surface area contributed by atoms with Crippen LogP contribution in [0.2, 0.25) is 0 Å². The van der Waals surface area contributed by atoms with E-state index in [4.69, 9.17) is 9.72 Å². The summed E-state index contributed by atoms with van der Waals surface area (Å²) in [7, 11) is 0. The van der Waals surface area contributed by atoms with Gasteiger partial charge in [-0.1, -0.05) is 0 Å². The van der Waals surface area contributed by atoms with E-state index in [9.17, 15) is 0 Å². The van der Waals surface area contributed by atoms with E-state index >= 15 is 0 Å². The second-order valence-corrected chi connectivity index (χ2v) is 7.79. The Bertz CT molecular complexity index is 753. The first-order chi connectivity index (χ1) is 13.2. The van der Waals surface area contributed by atoms with Crippen molar-refractivity contribution in [3.05, 3.63) is 35.8 Å². The molecule has 4 heterocycles. The first-order valence-electron chi connectivity index (χ1n) is 10.0. The van der Waals surface area contributed by atoms with E-state index in [0.717, 1.165) is 73.5 Å². The molecule has 0 amide bonds. The van der Waals surface area contributed by atoms with Crippen LogP contribution in [0.3, 0.4) is 0 Å². The first-order valence-corrected chi connectivity index (χ1v) is 10.0. The van der Waals surface area contributed by atoms with Crippen molar-refractivity contribution in [1.29, 1.82) is 0 Å². The van der Waals surface area contributed by atoms with Crippen molar-refractivity contribution in [3.8, 4) is 11.4 Å². The van der Waals surface area contributed by atoms with Gasteiger partial charge >= 0.3 is 0 Å². The number of aromatic nitrogens is 3. The van der Waals surface area contributed by atoms with Crippen LogP contribution >= 0.6 is 0 Å². The topological polar surface area (TPSA) is 63.2 Å². The molecule has 1 N–H and O–H groups in total. The average molecular weight is 367 g/mol. The van der Waals surface area contributed by atoms with Crippen LogP contribution in [-0.4, -0.2) is 58.7 Å². The number of rotatable bonds is 5. The van der Waals surface area contributed by atoms with Crippen molar-refractivity contribution >= 4 is 5.82 Å². The molecule has 6 heteroatoms. The Hall–Kier alpha value is -2.05. The van der Waals surface area contributed by atoms with Gasteiger partial charge < -0.3 is 15.0 Å². The molecule has 0 bridgehead atoms. The van der Waals surface area contributed by atoms with Crippen molar-refractivity contribution in [2.24, 2.45) is 5.92 Å². The average Bonchev–Trinajstić information content (AvgIpc) is 3.20. The summed E-state index contributed by atoms with van der Waals surface area (Å²) in [4.78, 5) is 16.2. The maximum atomic E-state index is 5.51. The smallest absolute Gasteiger partial charge is 0.161 e. The minimum Gasteiger partial charge on any atom is -0.381 e. The zero-order valence-electron chi connectivity index (χ0n) is 16.3. The van der Waals surface area contributed by atoms with Gasteiger partial charge in [0.25, 0.3) is 0 Å². The fraction of sp³-hybridized carbons (Fsp3) is 0.571. The van der Waals surface area contributed by atoms with E-state index in [-0.39, 0.29) is 0 Å². The van der Waals surface area contributed by atoms with Crippen molar-refractivity contribution < 1.29 is 4.74 Å². The molecule has 2 aliphatic heterocycles. The van der Waals surface area contributed by atoms with Gasteiger partial charge in [-0.3, -0.25) is 4.98 Å². The van der Waals surface area contributed by atoms with Crippen LogP contribution < -0.4 is 5.32 Å². The molecule has 0 aromatic carbocycles. The van der Waals surface area contributed by atoms with Crippen LogP contribution in [0.5, 0.6) is 0 Å². The summed E-state index contributed by atoms with van der Waals surface area (Å²) in [5.74, 6) is 2.46. The summed E-state index contributed by atoms with van der Waals surface area (Å²) in [6.07, 6.45) is 7.09. The van der Waals surface area contributed by atoms with Crippen LogP contribution in [0.4, 0.5) is 5.82 Å². The number of anilines is 1. The molecule has 4 rings (SSSR count). The van der Waals surface area contributed by atoms with E-state index in [1.807, 2.05) is 12.1 Å². The van der Waals surface area contributed by atoms with Crippen LogP contribution in [-0.2, 0) is 4.74 Å². The van der Waals surface area contributed by atoms with Crippen molar-refractivity contribution in [2.45, 2.75) is 39.2 Å². The molecule has 2 aliphatic rings. The predicted molar refractivity (Wildman–Crippen MR) is 107 cm³/mol. The fourth-order valence-electron chi connectivity index (χ4n) is 3.95. The van der Waals surface area contributed by atoms with Crippen molar-refractivity contribution in [3.63, 3.8) is 0 Å².